The minimum absolute atomic E-state index is 0.973. The zero-order valence-corrected chi connectivity index (χ0v) is 11.0. The van der Waals surface area contributed by atoms with Crippen LogP contribution in [0.3, 0.4) is 0 Å². The Labute approximate surface area is 103 Å². The molecule has 1 aromatic heterocycles. The van der Waals surface area contributed by atoms with Crippen LogP contribution in [0.25, 0.3) is 11.0 Å². The van der Waals surface area contributed by atoms with Gasteiger partial charge in [-0.2, -0.15) is 0 Å². The summed E-state index contributed by atoms with van der Waals surface area (Å²) in [4.78, 5) is 2.42. The fraction of sp³-hybridized carbons (Fsp3) is 0.467. The van der Waals surface area contributed by atoms with Gasteiger partial charge in [0.1, 0.15) is 11.3 Å². The quantitative estimate of drug-likeness (QED) is 0.741. The van der Waals surface area contributed by atoms with Crippen molar-refractivity contribution < 1.29 is 4.42 Å². The van der Waals surface area contributed by atoms with Crippen molar-refractivity contribution in [3.8, 4) is 0 Å². The largest absolute Gasteiger partial charge is 0.459 e. The number of rotatable bonds is 1. The van der Waals surface area contributed by atoms with Crippen molar-refractivity contribution in [2.24, 2.45) is 0 Å². The molecule has 1 aliphatic rings. The molecule has 0 fully saturated rings. The summed E-state index contributed by atoms with van der Waals surface area (Å²) < 4.78 is 5.88. The lowest BCUT2D eigenvalue weighted by Crippen LogP contribution is -2.29. The number of furan rings is 1. The highest BCUT2D eigenvalue weighted by Crippen LogP contribution is 2.29. The first kappa shape index (κ1) is 12.2. The highest BCUT2D eigenvalue weighted by atomic mass is 16.3. The topological polar surface area (TPSA) is 16.4 Å². The second-order valence-electron chi connectivity index (χ2n) is 4.12. The van der Waals surface area contributed by atoms with E-state index in [0.717, 1.165) is 31.6 Å². The Morgan fingerprint density at radius 3 is 2.76 bits per heavy atom. The lowest BCUT2D eigenvalue weighted by molar-refractivity contribution is 0.243. The van der Waals surface area contributed by atoms with Gasteiger partial charge in [0.2, 0.25) is 0 Å². The first-order valence-electron chi connectivity index (χ1n) is 6.60. The third-order valence-electron chi connectivity index (χ3n) is 3.27. The lowest BCUT2D eigenvalue weighted by atomic mass is 10.0. The van der Waals surface area contributed by atoms with Gasteiger partial charge < -0.3 is 4.42 Å². The Kier molecular flexibility index (Phi) is 3.85. The van der Waals surface area contributed by atoms with Crippen LogP contribution in [-0.2, 0) is 13.0 Å². The molecule has 17 heavy (non-hydrogen) atoms. The van der Waals surface area contributed by atoms with E-state index in [1.807, 2.05) is 19.9 Å². The van der Waals surface area contributed by atoms with Crippen molar-refractivity contribution in [3.63, 3.8) is 0 Å². The van der Waals surface area contributed by atoms with Gasteiger partial charge in [0.05, 0.1) is 6.54 Å². The van der Waals surface area contributed by atoms with E-state index in [9.17, 15) is 0 Å². The van der Waals surface area contributed by atoms with Crippen LogP contribution < -0.4 is 0 Å². The van der Waals surface area contributed by atoms with Crippen molar-refractivity contribution in [2.75, 3.05) is 13.1 Å². The molecule has 0 N–H and O–H groups in total. The van der Waals surface area contributed by atoms with Crippen molar-refractivity contribution in [1.82, 2.24) is 4.90 Å². The number of nitrogens with zero attached hydrogens (tertiary/aromatic N) is 1. The number of hydrogen-bond acceptors (Lipinski definition) is 2. The molecule has 3 rings (SSSR count). The third-order valence-corrected chi connectivity index (χ3v) is 3.27. The molecule has 0 saturated carbocycles. The summed E-state index contributed by atoms with van der Waals surface area (Å²) in [6, 6.07) is 8.35. The average Bonchev–Trinajstić information content (AvgIpc) is 2.78. The van der Waals surface area contributed by atoms with Crippen molar-refractivity contribution in [3.05, 3.63) is 35.6 Å². The molecule has 2 nitrogen and oxygen atoms in total. The molecule has 1 aromatic carbocycles. The van der Waals surface area contributed by atoms with Gasteiger partial charge in [-0.3, -0.25) is 4.90 Å². The lowest BCUT2D eigenvalue weighted by Gasteiger charge is -2.24. The summed E-state index contributed by atoms with van der Waals surface area (Å²) in [6.07, 6.45) is 1.13. The molecular weight excluding hydrogens is 210 g/mol. The number of benzene rings is 1. The molecule has 0 atom stereocenters. The van der Waals surface area contributed by atoms with Gasteiger partial charge in [0.15, 0.2) is 0 Å². The van der Waals surface area contributed by atoms with E-state index < -0.39 is 0 Å². The first-order chi connectivity index (χ1) is 8.38. The third kappa shape index (κ3) is 2.22. The van der Waals surface area contributed by atoms with Gasteiger partial charge in [0.25, 0.3) is 0 Å². The highest BCUT2D eigenvalue weighted by molar-refractivity contribution is 5.82. The van der Waals surface area contributed by atoms with E-state index in [1.54, 1.807) is 0 Å². The SMILES string of the molecule is CC.CCN1CCc2c(oc3ccccc23)C1. The molecule has 0 radical (unpaired) electrons. The normalized spacial score (nSPS) is 15.2. The molecule has 0 aliphatic carbocycles. The maximum atomic E-state index is 5.88. The zero-order chi connectivity index (χ0) is 12.3. The van der Waals surface area contributed by atoms with Crippen LogP contribution in [-0.4, -0.2) is 18.0 Å². The zero-order valence-electron chi connectivity index (χ0n) is 11.0. The summed E-state index contributed by atoms with van der Waals surface area (Å²) in [7, 11) is 0. The maximum Gasteiger partial charge on any atom is 0.134 e. The molecule has 92 valence electrons. The summed E-state index contributed by atoms with van der Waals surface area (Å²) in [5, 5.41) is 1.31. The van der Waals surface area contributed by atoms with Crippen LogP contribution in [0.5, 0.6) is 0 Å². The van der Waals surface area contributed by atoms with E-state index in [4.69, 9.17) is 4.42 Å². The molecule has 0 spiro atoms. The Bertz CT molecular complexity index is 487. The molecule has 0 unspecified atom stereocenters. The molecule has 0 amide bonds. The second-order valence-corrected chi connectivity index (χ2v) is 4.12. The van der Waals surface area contributed by atoms with Crippen LogP contribution in [0.2, 0.25) is 0 Å². The molecule has 2 heteroatoms. The highest BCUT2D eigenvalue weighted by Gasteiger charge is 2.20. The fourth-order valence-corrected chi connectivity index (χ4v) is 2.37. The first-order valence-corrected chi connectivity index (χ1v) is 6.60. The minimum atomic E-state index is 0.973. The molecule has 2 heterocycles. The van der Waals surface area contributed by atoms with Gasteiger partial charge >= 0.3 is 0 Å². The van der Waals surface area contributed by atoms with Gasteiger partial charge in [-0.25, -0.2) is 0 Å². The van der Waals surface area contributed by atoms with Gasteiger partial charge in [-0.05, 0) is 19.0 Å². The van der Waals surface area contributed by atoms with Crippen LogP contribution in [0, 0.1) is 0 Å². The Morgan fingerprint density at radius 1 is 1.24 bits per heavy atom. The second kappa shape index (κ2) is 5.37. The molecule has 1 aliphatic heterocycles. The Morgan fingerprint density at radius 2 is 2.00 bits per heavy atom. The van der Waals surface area contributed by atoms with Crippen LogP contribution in [0.4, 0.5) is 0 Å². The smallest absolute Gasteiger partial charge is 0.134 e. The van der Waals surface area contributed by atoms with Crippen molar-refractivity contribution >= 4 is 11.0 Å². The van der Waals surface area contributed by atoms with Crippen molar-refractivity contribution in [1.29, 1.82) is 0 Å². The standard InChI is InChI=1S/C13H15NO.C2H6/c1-2-14-8-7-11-10-5-3-4-6-12(10)15-13(11)9-14;1-2/h3-6H,2,7-9H2,1H3;1-2H3. The average molecular weight is 231 g/mol. The van der Waals surface area contributed by atoms with Crippen LogP contribution >= 0.6 is 0 Å². The number of hydrogen-bond donors (Lipinski definition) is 0. The Balaban J connectivity index is 0.000000514. The summed E-state index contributed by atoms with van der Waals surface area (Å²) in [6.45, 7) is 9.44. The van der Waals surface area contributed by atoms with Gasteiger partial charge in [-0.1, -0.05) is 39.0 Å². The van der Waals surface area contributed by atoms with E-state index in [1.165, 1.54) is 16.7 Å². The maximum absolute atomic E-state index is 5.88. The van der Waals surface area contributed by atoms with E-state index >= 15 is 0 Å². The summed E-state index contributed by atoms with van der Waals surface area (Å²) in [5.74, 6) is 1.17. The number of para-hydroxylation sites is 1. The van der Waals surface area contributed by atoms with E-state index in [0.29, 0.717) is 0 Å². The van der Waals surface area contributed by atoms with E-state index in [-0.39, 0.29) is 0 Å². The predicted molar refractivity (Wildman–Crippen MR) is 72.2 cm³/mol. The number of fused-ring (bicyclic) bond motifs is 3. The predicted octanol–water partition coefficient (Wildman–Crippen LogP) is 3.84. The van der Waals surface area contributed by atoms with Crippen molar-refractivity contribution in [2.45, 2.75) is 33.7 Å². The van der Waals surface area contributed by atoms with Crippen LogP contribution in [0.15, 0.2) is 28.7 Å². The van der Waals surface area contributed by atoms with E-state index in [2.05, 4.69) is 30.0 Å². The summed E-state index contributed by atoms with van der Waals surface area (Å²) in [5.41, 5.74) is 2.47. The van der Waals surface area contributed by atoms with Gasteiger partial charge in [0, 0.05) is 17.5 Å². The van der Waals surface area contributed by atoms with Gasteiger partial charge in [-0.15, -0.1) is 0 Å². The molecule has 2 aromatic rings. The molecule has 0 bridgehead atoms. The number of likely N-dealkylation sites (N-methyl/N-ethyl adjacent to an activating group) is 1. The Hall–Kier alpha value is -1.28. The molecule has 0 saturated heterocycles. The monoisotopic (exact) mass is 231 g/mol. The molecular formula is C15H21NO. The fourth-order valence-electron chi connectivity index (χ4n) is 2.37. The minimum Gasteiger partial charge on any atom is -0.459 e. The summed E-state index contributed by atoms with van der Waals surface area (Å²) >= 11 is 0. The van der Waals surface area contributed by atoms with Crippen LogP contribution in [0.1, 0.15) is 32.1 Å².